The van der Waals surface area contributed by atoms with Gasteiger partial charge in [-0.3, -0.25) is 0 Å². The van der Waals surface area contributed by atoms with Gasteiger partial charge in [-0.2, -0.15) is 4.99 Å². The summed E-state index contributed by atoms with van der Waals surface area (Å²) in [5.74, 6) is 0.329. The molecular weight excluding hydrogens is 286 g/mol. The normalized spacial score (nSPS) is 11.3. The number of rotatable bonds is 2. The molecule has 0 aliphatic rings. The van der Waals surface area contributed by atoms with Gasteiger partial charge < -0.3 is 9.72 Å². The Labute approximate surface area is 128 Å². The SMILES string of the molecule is Cc1nc2c(C)c(N=C=S)c(C(=O)OC(C)(C)C)cc2[nH]1. The highest BCUT2D eigenvalue weighted by atomic mass is 32.1. The van der Waals surface area contributed by atoms with Crippen LogP contribution in [0.4, 0.5) is 5.69 Å². The van der Waals surface area contributed by atoms with E-state index in [0.29, 0.717) is 11.3 Å². The number of carbonyl (C=O) groups excluding carboxylic acids is 1. The van der Waals surface area contributed by atoms with E-state index in [-0.39, 0.29) is 0 Å². The van der Waals surface area contributed by atoms with Crippen LogP contribution in [0.5, 0.6) is 0 Å². The fraction of sp³-hybridized carbons (Fsp3) is 0.400. The molecule has 0 saturated heterocycles. The first-order valence-corrected chi connectivity index (χ1v) is 6.95. The highest BCUT2D eigenvalue weighted by molar-refractivity contribution is 7.78. The number of ether oxygens (including phenoxy) is 1. The minimum atomic E-state index is -0.581. The van der Waals surface area contributed by atoms with Crippen molar-refractivity contribution in [2.45, 2.75) is 40.2 Å². The van der Waals surface area contributed by atoms with Crippen LogP contribution in [0, 0.1) is 13.8 Å². The van der Waals surface area contributed by atoms with E-state index in [0.717, 1.165) is 22.4 Å². The van der Waals surface area contributed by atoms with Crippen molar-refractivity contribution in [3.63, 3.8) is 0 Å². The minimum absolute atomic E-state index is 0.357. The smallest absolute Gasteiger partial charge is 0.340 e. The van der Waals surface area contributed by atoms with E-state index in [1.54, 1.807) is 6.07 Å². The van der Waals surface area contributed by atoms with Crippen LogP contribution < -0.4 is 0 Å². The van der Waals surface area contributed by atoms with Crippen molar-refractivity contribution in [1.82, 2.24) is 9.97 Å². The molecule has 0 bridgehead atoms. The number of aromatic nitrogens is 2. The lowest BCUT2D eigenvalue weighted by molar-refractivity contribution is 0.00706. The number of nitrogens with one attached hydrogen (secondary N) is 1. The molecule has 1 aromatic heterocycles. The molecule has 1 N–H and O–H groups in total. The second-order valence-electron chi connectivity index (χ2n) is 5.82. The molecule has 2 aromatic rings. The van der Waals surface area contributed by atoms with Crippen LogP contribution in [-0.4, -0.2) is 26.7 Å². The van der Waals surface area contributed by atoms with Crippen LogP contribution in [-0.2, 0) is 4.74 Å². The molecule has 0 radical (unpaired) electrons. The second-order valence-corrected chi connectivity index (χ2v) is 6.00. The fourth-order valence-corrected chi connectivity index (χ4v) is 2.20. The van der Waals surface area contributed by atoms with Gasteiger partial charge in [-0.25, -0.2) is 9.78 Å². The third kappa shape index (κ3) is 3.17. The van der Waals surface area contributed by atoms with E-state index < -0.39 is 11.6 Å². The third-order valence-corrected chi connectivity index (χ3v) is 2.97. The molecule has 5 nitrogen and oxygen atoms in total. The zero-order chi connectivity index (χ0) is 15.8. The van der Waals surface area contributed by atoms with Crippen molar-refractivity contribution < 1.29 is 9.53 Å². The van der Waals surface area contributed by atoms with Gasteiger partial charge in [-0.1, -0.05) is 0 Å². The maximum atomic E-state index is 12.4. The van der Waals surface area contributed by atoms with Crippen molar-refractivity contribution in [1.29, 1.82) is 0 Å². The number of hydrogen-bond donors (Lipinski definition) is 1. The quantitative estimate of drug-likeness (QED) is 0.519. The van der Waals surface area contributed by atoms with Gasteiger partial charge in [0.2, 0.25) is 0 Å². The lowest BCUT2D eigenvalue weighted by atomic mass is 10.1. The summed E-state index contributed by atoms with van der Waals surface area (Å²) in [5, 5.41) is 2.32. The first-order valence-electron chi connectivity index (χ1n) is 6.54. The topological polar surface area (TPSA) is 67.3 Å². The number of imidazole rings is 1. The molecule has 6 heteroatoms. The Balaban J connectivity index is 2.68. The average Bonchev–Trinajstić information content (AvgIpc) is 2.71. The van der Waals surface area contributed by atoms with Gasteiger partial charge in [0.05, 0.1) is 27.4 Å². The number of aliphatic imine (C=N–C) groups is 1. The molecule has 0 spiro atoms. The second kappa shape index (κ2) is 5.39. The predicted molar refractivity (Wildman–Crippen MR) is 85.4 cm³/mol. The lowest BCUT2D eigenvalue weighted by Gasteiger charge is -2.20. The number of isothiocyanates is 1. The molecule has 1 heterocycles. The summed E-state index contributed by atoms with van der Waals surface area (Å²) in [6.45, 7) is 9.16. The van der Waals surface area contributed by atoms with Crippen molar-refractivity contribution in [3.8, 4) is 0 Å². The fourth-order valence-electron chi connectivity index (χ4n) is 2.11. The highest BCUT2D eigenvalue weighted by Crippen LogP contribution is 2.32. The summed E-state index contributed by atoms with van der Waals surface area (Å²) < 4.78 is 5.43. The molecule has 0 saturated carbocycles. The number of fused-ring (bicyclic) bond motifs is 1. The molecule has 0 amide bonds. The standard InChI is InChI=1S/C15H17N3O2S/c1-8-12(16-7-21)10(14(19)20-15(3,4)5)6-11-13(8)18-9(2)17-11/h6H,1-5H3,(H,17,18). The average molecular weight is 303 g/mol. The van der Waals surface area contributed by atoms with Gasteiger partial charge in [-0.05, 0) is 52.9 Å². The molecule has 110 valence electrons. The number of esters is 1. The Hall–Kier alpha value is -2.04. The Morgan fingerprint density at radius 2 is 2.10 bits per heavy atom. The van der Waals surface area contributed by atoms with Crippen LogP contribution >= 0.6 is 12.2 Å². The summed E-state index contributed by atoms with van der Waals surface area (Å²) in [5.41, 5.74) is 2.55. The molecule has 0 atom stereocenters. The summed E-state index contributed by atoms with van der Waals surface area (Å²) >= 11 is 4.68. The van der Waals surface area contributed by atoms with Gasteiger partial charge in [0.1, 0.15) is 11.4 Å². The van der Waals surface area contributed by atoms with Gasteiger partial charge in [0.25, 0.3) is 0 Å². The number of carbonyl (C=O) groups is 1. The molecular formula is C15H17N3O2S. The molecule has 0 fully saturated rings. The molecule has 0 aliphatic carbocycles. The Morgan fingerprint density at radius 1 is 1.43 bits per heavy atom. The van der Waals surface area contributed by atoms with Crippen LogP contribution in [0.1, 0.15) is 42.5 Å². The number of aryl methyl sites for hydroxylation is 2. The van der Waals surface area contributed by atoms with E-state index in [9.17, 15) is 4.79 Å². The molecule has 21 heavy (non-hydrogen) atoms. The molecule has 2 rings (SSSR count). The number of H-pyrrole nitrogens is 1. The molecule has 0 aliphatic heterocycles. The summed E-state index contributed by atoms with van der Waals surface area (Å²) in [6.07, 6.45) is 0. The summed E-state index contributed by atoms with van der Waals surface area (Å²) in [4.78, 5) is 23.9. The van der Waals surface area contributed by atoms with E-state index in [1.807, 2.05) is 34.6 Å². The Kier molecular flexibility index (Phi) is 3.94. The van der Waals surface area contributed by atoms with E-state index in [2.05, 4.69) is 32.3 Å². The first-order chi connectivity index (χ1) is 9.73. The Bertz CT molecular complexity index is 765. The summed E-state index contributed by atoms with van der Waals surface area (Å²) in [6, 6.07) is 1.70. The number of aromatic amines is 1. The van der Waals surface area contributed by atoms with Gasteiger partial charge in [-0.15, -0.1) is 0 Å². The third-order valence-electron chi connectivity index (χ3n) is 2.88. The van der Waals surface area contributed by atoms with Gasteiger partial charge in [0, 0.05) is 5.56 Å². The van der Waals surface area contributed by atoms with Crippen LogP contribution in [0.15, 0.2) is 11.1 Å². The van der Waals surface area contributed by atoms with Crippen LogP contribution in [0.3, 0.4) is 0 Å². The molecule has 1 aromatic carbocycles. The van der Waals surface area contributed by atoms with Crippen LogP contribution in [0.2, 0.25) is 0 Å². The van der Waals surface area contributed by atoms with Crippen molar-refractivity contribution in [2.24, 2.45) is 4.99 Å². The number of benzene rings is 1. The number of nitrogens with zero attached hydrogens (tertiary/aromatic N) is 2. The summed E-state index contributed by atoms with van der Waals surface area (Å²) in [7, 11) is 0. The van der Waals surface area contributed by atoms with Gasteiger partial charge in [0.15, 0.2) is 0 Å². The van der Waals surface area contributed by atoms with E-state index in [4.69, 9.17) is 4.74 Å². The number of thiocarbonyl (C=S) groups is 1. The van der Waals surface area contributed by atoms with E-state index in [1.165, 1.54) is 0 Å². The lowest BCUT2D eigenvalue weighted by Crippen LogP contribution is -2.24. The maximum absolute atomic E-state index is 12.4. The zero-order valence-electron chi connectivity index (χ0n) is 12.7. The van der Waals surface area contributed by atoms with Gasteiger partial charge >= 0.3 is 5.97 Å². The zero-order valence-corrected chi connectivity index (χ0v) is 13.5. The van der Waals surface area contributed by atoms with Crippen LogP contribution in [0.25, 0.3) is 11.0 Å². The first kappa shape index (κ1) is 15.4. The Morgan fingerprint density at radius 3 is 2.67 bits per heavy atom. The monoisotopic (exact) mass is 303 g/mol. The number of hydrogen-bond acceptors (Lipinski definition) is 5. The molecule has 0 unspecified atom stereocenters. The predicted octanol–water partition coefficient (Wildman–Crippen LogP) is 3.87. The maximum Gasteiger partial charge on any atom is 0.340 e. The largest absolute Gasteiger partial charge is 0.456 e. The van der Waals surface area contributed by atoms with Crippen molar-refractivity contribution >= 4 is 40.1 Å². The van der Waals surface area contributed by atoms with Crippen molar-refractivity contribution in [3.05, 3.63) is 23.0 Å². The highest BCUT2D eigenvalue weighted by Gasteiger charge is 2.23. The van der Waals surface area contributed by atoms with Crippen molar-refractivity contribution in [2.75, 3.05) is 0 Å². The van der Waals surface area contributed by atoms with E-state index >= 15 is 0 Å². The minimum Gasteiger partial charge on any atom is -0.456 e.